The first-order valence-corrected chi connectivity index (χ1v) is 6.51. The average Bonchev–Trinajstić information content (AvgIpc) is 2.38. The molecule has 3 N–H and O–H groups in total. The Morgan fingerprint density at radius 2 is 1.71 bits per heavy atom. The van der Waals surface area contributed by atoms with Crippen molar-refractivity contribution in [3.8, 4) is 0 Å². The van der Waals surface area contributed by atoms with Crippen LogP contribution in [0.4, 0.5) is 16.2 Å². The molecule has 0 bridgehead atoms. The molecule has 0 saturated carbocycles. The second-order valence-corrected chi connectivity index (χ2v) is 4.86. The average molecular weight is 305 g/mol. The molecule has 0 aliphatic carbocycles. The zero-order valence-corrected chi connectivity index (χ0v) is 11.9. The van der Waals surface area contributed by atoms with Crippen molar-refractivity contribution in [2.24, 2.45) is 0 Å². The molecule has 2 amide bonds. The van der Waals surface area contributed by atoms with Crippen LogP contribution >= 0.6 is 11.6 Å². The van der Waals surface area contributed by atoms with Gasteiger partial charge < -0.3 is 15.7 Å². The van der Waals surface area contributed by atoms with Crippen LogP contribution < -0.4 is 10.6 Å². The molecule has 0 aromatic heterocycles. The summed E-state index contributed by atoms with van der Waals surface area (Å²) >= 11 is 5.83. The lowest BCUT2D eigenvalue weighted by Crippen LogP contribution is -2.19. The monoisotopic (exact) mass is 304 g/mol. The van der Waals surface area contributed by atoms with Crippen LogP contribution in [0.3, 0.4) is 0 Å². The van der Waals surface area contributed by atoms with Crippen LogP contribution in [0.5, 0.6) is 0 Å². The molecule has 0 fully saturated rings. The van der Waals surface area contributed by atoms with Gasteiger partial charge in [0, 0.05) is 16.4 Å². The molecule has 108 valence electrons. The minimum atomic E-state index is -0.998. The number of halogens is 1. The largest absolute Gasteiger partial charge is 0.478 e. The van der Waals surface area contributed by atoms with Gasteiger partial charge in [-0.05, 0) is 48.9 Å². The third-order valence-corrected chi connectivity index (χ3v) is 3.03. The summed E-state index contributed by atoms with van der Waals surface area (Å²) in [5.74, 6) is -0.998. The fourth-order valence-electron chi connectivity index (χ4n) is 1.84. The minimum absolute atomic E-state index is 0.204. The van der Waals surface area contributed by atoms with E-state index in [2.05, 4.69) is 10.6 Å². The van der Waals surface area contributed by atoms with Crippen molar-refractivity contribution in [1.29, 1.82) is 0 Å². The predicted octanol–water partition coefficient (Wildman–Crippen LogP) is 3.99. The van der Waals surface area contributed by atoms with Gasteiger partial charge >= 0.3 is 12.0 Å². The molecule has 0 atom stereocenters. The number of benzene rings is 2. The quantitative estimate of drug-likeness (QED) is 0.802. The second-order valence-electron chi connectivity index (χ2n) is 4.42. The molecule has 2 rings (SSSR count). The Morgan fingerprint density at radius 3 is 2.29 bits per heavy atom. The number of amides is 2. The molecule has 21 heavy (non-hydrogen) atoms. The van der Waals surface area contributed by atoms with Crippen molar-refractivity contribution in [3.63, 3.8) is 0 Å². The molecular formula is C15H13ClN2O3. The number of carboxylic acids is 1. The number of carbonyl (C=O) groups excluding carboxylic acids is 1. The van der Waals surface area contributed by atoms with E-state index in [9.17, 15) is 9.59 Å². The smallest absolute Gasteiger partial charge is 0.335 e. The lowest BCUT2D eigenvalue weighted by molar-refractivity contribution is 0.0696. The highest BCUT2D eigenvalue weighted by Crippen LogP contribution is 2.17. The van der Waals surface area contributed by atoms with E-state index >= 15 is 0 Å². The fourth-order valence-corrected chi connectivity index (χ4v) is 2.03. The van der Waals surface area contributed by atoms with Gasteiger partial charge in [-0.15, -0.1) is 0 Å². The summed E-state index contributed by atoms with van der Waals surface area (Å²) in [6.45, 7) is 1.67. The molecular weight excluding hydrogens is 292 g/mol. The van der Waals surface area contributed by atoms with E-state index < -0.39 is 12.0 Å². The summed E-state index contributed by atoms with van der Waals surface area (Å²) in [6.07, 6.45) is 0. The fraction of sp³-hybridized carbons (Fsp3) is 0.0667. The molecule has 0 aliphatic heterocycles. The highest BCUT2D eigenvalue weighted by molar-refractivity contribution is 6.30. The van der Waals surface area contributed by atoms with E-state index in [0.717, 1.165) is 0 Å². The number of nitrogens with one attached hydrogen (secondary N) is 2. The van der Waals surface area contributed by atoms with Crippen molar-refractivity contribution < 1.29 is 14.7 Å². The van der Waals surface area contributed by atoms with Gasteiger partial charge in [-0.1, -0.05) is 17.7 Å². The third kappa shape index (κ3) is 3.97. The Balaban J connectivity index is 2.06. The van der Waals surface area contributed by atoms with E-state index in [4.69, 9.17) is 16.7 Å². The molecule has 0 saturated heterocycles. The van der Waals surface area contributed by atoms with Gasteiger partial charge in [0.1, 0.15) is 0 Å². The first-order valence-electron chi connectivity index (χ1n) is 6.13. The maximum absolute atomic E-state index is 11.8. The Hall–Kier alpha value is -2.53. The van der Waals surface area contributed by atoms with Crippen molar-refractivity contribution in [2.45, 2.75) is 6.92 Å². The van der Waals surface area contributed by atoms with Crippen molar-refractivity contribution in [2.75, 3.05) is 10.6 Å². The summed E-state index contributed by atoms with van der Waals surface area (Å²) < 4.78 is 0. The second kappa shape index (κ2) is 6.28. The Bertz CT molecular complexity index is 701. The summed E-state index contributed by atoms with van der Waals surface area (Å²) in [5.41, 5.74) is 1.86. The summed E-state index contributed by atoms with van der Waals surface area (Å²) in [5, 5.41) is 14.7. The highest BCUT2D eigenvalue weighted by atomic mass is 35.5. The molecule has 5 nitrogen and oxygen atoms in total. The molecule has 0 spiro atoms. The normalized spacial score (nSPS) is 10.0. The molecule has 2 aromatic carbocycles. The minimum Gasteiger partial charge on any atom is -0.478 e. The topological polar surface area (TPSA) is 78.4 Å². The standard InChI is InChI=1S/C15H13ClN2O3/c1-9-7-12(5-6-13(9)14(19)20)18-15(21)17-11-4-2-3-10(16)8-11/h2-8H,1H3,(H,19,20)(H2,17,18,21). The number of anilines is 2. The molecule has 0 radical (unpaired) electrons. The van der Waals surface area contributed by atoms with Crippen molar-refractivity contribution in [3.05, 3.63) is 58.6 Å². The Morgan fingerprint density at radius 1 is 1.05 bits per heavy atom. The van der Waals surface area contributed by atoms with E-state index in [1.807, 2.05) is 0 Å². The Labute approximate surface area is 126 Å². The summed E-state index contributed by atoms with van der Waals surface area (Å²) in [7, 11) is 0. The van der Waals surface area contributed by atoms with Gasteiger partial charge in [0.05, 0.1) is 5.56 Å². The van der Waals surface area contributed by atoms with Crippen molar-refractivity contribution in [1.82, 2.24) is 0 Å². The van der Waals surface area contributed by atoms with Crippen LogP contribution in [0, 0.1) is 6.92 Å². The molecule has 6 heteroatoms. The predicted molar refractivity (Wildman–Crippen MR) is 82.2 cm³/mol. The van der Waals surface area contributed by atoms with E-state index in [1.165, 1.54) is 12.1 Å². The number of hydrogen-bond donors (Lipinski definition) is 3. The summed E-state index contributed by atoms with van der Waals surface area (Å²) in [4.78, 5) is 22.8. The zero-order chi connectivity index (χ0) is 15.4. The number of urea groups is 1. The lowest BCUT2D eigenvalue weighted by atomic mass is 10.1. The van der Waals surface area contributed by atoms with Crippen LogP contribution in [0.2, 0.25) is 5.02 Å². The van der Waals surface area contributed by atoms with Crippen LogP contribution in [-0.4, -0.2) is 17.1 Å². The van der Waals surface area contributed by atoms with Gasteiger partial charge in [0.15, 0.2) is 0 Å². The van der Waals surface area contributed by atoms with Gasteiger partial charge in [0.25, 0.3) is 0 Å². The van der Waals surface area contributed by atoms with Crippen molar-refractivity contribution >= 4 is 35.0 Å². The number of aromatic carboxylic acids is 1. The van der Waals surface area contributed by atoms with Gasteiger partial charge in [-0.2, -0.15) is 0 Å². The van der Waals surface area contributed by atoms with Gasteiger partial charge in [-0.25, -0.2) is 9.59 Å². The first kappa shape index (κ1) is 14.9. The van der Waals surface area contributed by atoms with E-state index in [1.54, 1.807) is 37.3 Å². The highest BCUT2D eigenvalue weighted by Gasteiger charge is 2.09. The van der Waals surface area contributed by atoms with E-state index in [0.29, 0.717) is 22.0 Å². The molecule has 0 unspecified atom stereocenters. The lowest BCUT2D eigenvalue weighted by Gasteiger charge is -2.09. The molecule has 0 aliphatic rings. The zero-order valence-electron chi connectivity index (χ0n) is 11.2. The maximum atomic E-state index is 11.8. The first-order chi connectivity index (χ1) is 9.95. The van der Waals surface area contributed by atoms with Crippen LogP contribution in [0.25, 0.3) is 0 Å². The number of carbonyl (C=O) groups is 2. The van der Waals surface area contributed by atoms with E-state index in [-0.39, 0.29) is 5.56 Å². The molecule has 2 aromatic rings. The van der Waals surface area contributed by atoms with Crippen LogP contribution in [0.15, 0.2) is 42.5 Å². The van der Waals surface area contributed by atoms with Gasteiger partial charge in [-0.3, -0.25) is 0 Å². The van der Waals surface area contributed by atoms with Crippen LogP contribution in [-0.2, 0) is 0 Å². The number of rotatable bonds is 3. The van der Waals surface area contributed by atoms with Gasteiger partial charge in [0.2, 0.25) is 0 Å². The number of hydrogen-bond acceptors (Lipinski definition) is 2. The summed E-state index contributed by atoms with van der Waals surface area (Å²) in [6, 6.07) is 10.9. The van der Waals surface area contributed by atoms with Crippen LogP contribution in [0.1, 0.15) is 15.9 Å². The number of carboxylic acid groups (broad SMARTS) is 1. The maximum Gasteiger partial charge on any atom is 0.335 e. The Kier molecular flexibility index (Phi) is 4.45. The third-order valence-electron chi connectivity index (χ3n) is 2.80. The number of aryl methyl sites for hydroxylation is 1. The SMILES string of the molecule is Cc1cc(NC(=O)Nc2cccc(Cl)c2)ccc1C(=O)O. The molecule has 0 heterocycles.